The van der Waals surface area contributed by atoms with Crippen LogP contribution in [0.5, 0.6) is 0 Å². The number of halogens is 1. The van der Waals surface area contributed by atoms with Crippen molar-refractivity contribution in [2.45, 2.75) is 78.1 Å². The number of benzene rings is 1. The molecule has 32 heavy (non-hydrogen) atoms. The van der Waals surface area contributed by atoms with Crippen LogP contribution in [0.2, 0.25) is 5.15 Å². The van der Waals surface area contributed by atoms with Gasteiger partial charge in [-0.05, 0) is 31.0 Å². The largest absolute Gasteiger partial charge is 0.347 e. The summed E-state index contributed by atoms with van der Waals surface area (Å²) in [5.74, 6) is -0.494. The van der Waals surface area contributed by atoms with Gasteiger partial charge in [0.25, 0.3) is 5.91 Å². The van der Waals surface area contributed by atoms with E-state index < -0.39 is 0 Å². The molecule has 0 aliphatic heterocycles. The fourth-order valence-corrected chi connectivity index (χ4v) is 3.63. The lowest BCUT2D eigenvalue weighted by Crippen LogP contribution is -2.34. The van der Waals surface area contributed by atoms with Crippen LogP contribution in [0.25, 0.3) is 10.9 Å². The fraction of sp³-hybridized carbons (Fsp3) is 0.520. The van der Waals surface area contributed by atoms with Crippen LogP contribution >= 0.6 is 11.6 Å². The standard InChI is InChI=1S/C25H35ClN4O2/c1-3-4-5-6-7-8-9-10-11-12-23(31)27-18-24(32)30-28-17-21-16-20-14-13-19(2)15-22(20)29-25(21)26/h13-17H,3-12,18H2,1-2H3,(H,27,31)(H,30,32)/b28-17-. The van der Waals surface area contributed by atoms with Crippen LogP contribution in [0.4, 0.5) is 0 Å². The van der Waals surface area contributed by atoms with E-state index in [0.717, 1.165) is 29.3 Å². The zero-order valence-corrected chi connectivity index (χ0v) is 20.0. The molecule has 2 rings (SSSR count). The molecule has 6 nitrogen and oxygen atoms in total. The second-order valence-corrected chi connectivity index (χ2v) is 8.57. The molecule has 0 aliphatic rings. The molecule has 0 bridgehead atoms. The molecule has 2 amide bonds. The maximum absolute atomic E-state index is 11.9. The minimum absolute atomic E-state index is 0.101. The van der Waals surface area contributed by atoms with Crippen molar-refractivity contribution in [2.24, 2.45) is 5.10 Å². The van der Waals surface area contributed by atoms with Crippen LogP contribution in [0, 0.1) is 6.92 Å². The molecule has 0 atom stereocenters. The number of pyridine rings is 1. The van der Waals surface area contributed by atoms with E-state index in [4.69, 9.17) is 11.6 Å². The number of nitrogens with zero attached hydrogens (tertiary/aromatic N) is 2. The van der Waals surface area contributed by atoms with Crippen molar-refractivity contribution < 1.29 is 9.59 Å². The number of nitrogens with one attached hydrogen (secondary N) is 2. The molecule has 1 aromatic heterocycles. The number of carbonyl (C=O) groups is 2. The first-order valence-corrected chi connectivity index (χ1v) is 12.0. The summed E-state index contributed by atoms with van der Waals surface area (Å²) in [6, 6.07) is 7.79. The van der Waals surface area contributed by atoms with Gasteiger partial charge in [-0.25, -0.2) is 10.4 Å². The number of hydrogen-bond donors (Lipinski definition) is 2. The highest BCUT2D eigenvalue weighted by atomic mass is 35.5. The van der Waals surface area contributed by atoms with E-state index in [0.29, 0.717) is 17.1 Å². The third-order valence-corrected chi connectivity index (χ3v) is 5.60. The van der Waals surface area contributed by atoms with Crippen LogP contribution < -0.4 is 10.7 Å². The minimum Gasteiger partial charge on any atom is -0.347 e. The third kappa shape index (κ3) is 9.77. The second kappa shape index (κ2) is 14.6. The maximum atomic E-state index is 11.9. The molecule has 174 valence electrons. The number of carbonyl (C=O) groups excluding carboxylic acids is 2. The first-order chi connectivity index (χ1) is 15.5. The van der Waals surface area contributed by atoms with Crippen molar-refractivity contribution in [1.82, 2.24) is 15.7 Å². The average Bonchev–Trinajstić information content (AvgIpc) is 2.77. The van der Waals surface area contributed by atoms with Gasteiger partial charge >= 0.3 is 0 Å². The Kier molecular flexibility index (Phi) is 11.7. The van der Waals surface area contributed by atoms with E-state index in [1.54, 1.807) is 0 Å². The Balaban J connectivity index is 1.61. The molecular weight excluding hydrogens is 424 g/mol. The van der Waals surface area contributed by atoms with Gasteiger partial charge < -0.3 is 5.32 Å². The normalized spacial score (nSPS) is 11.2. The van der Waals surface area contributed by atoms with Gasteiger partial charge in [0.05, 0.1) is 18.3 Å². The van der Waals surface area contributed by atoms with Gasteiger partial charge in [0.15, 0.2) is 0 Å². The van der Waals surface area contributed by atoms with Gasteiger partial charge in [-0.2, -0.15) is 5.10 Å². The Morgan fingerprint density at radius 1 is 1.00 bits per heavy atom. The summed E-state index contributed by atoms with van der Waals surface area (Å²) in [5.41, 5.74) is 4.93. The van der Waals surface area contributed by atoms with Crippen molar-refractivity contribution in [3.8, 4) is 0 Å². The summed E-state index contributed by atoms with van der Waals surface area (Å²) in [6.45, 7) is 4.12. The van der Waals surface area contributed by atoms with Crippen molar-refractivity contribution in [2.75, 3.05) is 6.54 Å². The van der Waals surface area contributed by atoms with Crippen molar-refractivity contribution in [3.63, 3.8) is 0 Å². The molecule has 2 N–H and O–H groups in total. The van der Waals surface area contributed by atoms with E-state index in [2.05, 4.69) is 27.8 Å². The van der Waals surface area contributed by atoms with Gasteiger partial charge in [-0.15, -0.1) is 0 Å². The fourth-order valence-electron chi connectivity index (χ4n) is 3.44. The Hall–Kier alpha value is -2.47. The first kappa shape index (κ1) is 25.8. The second-order valence-electron chi connectivity index (χ2n) is 8.21. The summed E-state index contributed by atoms with van der Waals surface area (Å²) in [7, 11) is 0. The monoisotopic (exact) mass is 458 g/mol. The topological polar surface area (TPSA) is 83.5 Å². The average molecular weight is 459 g/mol. The lowest BCUT2D eigenvalue weighted by molar-refractivity contribution is -0.126. The minimum atomic E-state index is -0.387. The Labute approximate surface area is 196 Å². The Morgan fingerprint density at radius 3 is 2.41 bits per heavy atom. The molecule has 0 aliphatic carbocycles. The number of fused-ring (bicyclic) bond motifs is 1. The predicted octanol–water partition coefficient (Wildman–Crippen LogP) is 5.68. The Morgan fingerprint density at radius 2 is 1.69 bits per heavy atom. The molecule has 1 aromatic carbocycles. The van der Waals surface area contributed by atoms with E-state index in [1.165, 1.54) is 51.2 Å². The summed E-state index contributed by atoms with van der Waals surface area (Å²) >= 11 is 6.21. The predicted molar refractivity (Wildman–Crippen MR) is 132 cm³/mol. The smallest absolute Gasteiger partial charge is 0.259 e. The van der Waals surface area contributed by atoms with E-state index in [1.807, 2.05) is 31.2 Å². The molecule has 0 fully saturated rings. The molecule has 0 saturated carbocycles. The van der Waals surface area contributed by atoms with Gasteiger partial charge in [0.1, 0.15) is 5.15 Å². The molecule has 1 heterocycles. The lowest BCUT2D eigenvalue weighted by Gasteiger charge is -2.05. The molecular formula is C25H35ClN4O2. The van der Waals surface area contributed by atoms with Gasteiger partial charge in [-0.1, -0.05) is 82.0 Å². The van der Waals surface area contributed by atoms with Gasteiger partial charge in [0, 0.05) is 17.4 Å². The number of aryl methyl sites for hydroxylation is 1. The highest BCUT2D eigenvalue weighted by Gasteiger charge is 2.06. The van der Waals surface area contributed by atoms with Crippen LogP contribution in [0.1, 0.15) is 82.3 Å². The van der Waals surface area contributed by atoms with Crippen molar-refractivity contribution >= 4 is 40.5 Å². The highest BCUT2D eigenvalue weighted by Crippen LogP contribution is 2.20. The van der Waals surface area contributed by atoms with E-state index >= 15 is 0 Å². The first-order valence-electron chi connectivity index (χ1n) is 11.6. The summed E-state index contributed by atoms with van der Waals surface area (Å²) < 4.78 is 0. The number of aromatic nitrogens is 1. The molecule has 2 aromatic rings. The summed E-state index contributed by atoms with van der Waals surface area (Å²) in [6.07, 6.45) is 12.7. The molecule has 0 saturated heterocycles. The van der Waals surface area contributed by atoms with Gasteiger partial charge in [-0.3, -0.25) is 9.59 Å². The molecule has 0 radical (unpaired) electrons. The molecule has 0 unspecified atom stereocenters. The van der Waals surface area contributed by atoms with E-state index in [-0.39, 0.29) is 18.4 Å². The molecule has 7 heteroatoms. The highest BCUT2D eigenvalue weighted by molar-refractivity contribution is 6.32. The zero-order chi connectivity index (χ0) is 23.2. The number of hydrogen-bond acceptors (Lipinski definition) is 4. The van der Waals surface area contributed by atoms with Crippen LogP contribution in [0.15, 0.2) is 29.4 Å². The van der Waals surface area contributed by atoms with E-state index in [9.17, 15) is 9.59 Å². The van der Waals surface area contributed by atoms with Crippen LogP contribution in [-0.2, 0) is 9.59 Å². The number of unbranched alkanes of at least 4 members (excludes halogenated alkanes) is 8. The maximum Gasteiger partial charge on any atom is 0.259 e. The number of hydrazone groups is 1. The lowest BCUT2D eigenvalue weighted by atomic mass is 10.1. The Bertz CT molecular complexity index is 914. The summed E-state index contributed by atoms with van der Waals surface area (Å²) in [4.78, 5) is 28.2. The van der Waals surface area contributed by atoms with Crippen LogP contribution in [0.3, 0.4) is 0 Å². The zero-order valence-electron chi connectivity index (χ0n) is 19.3. The number of amides is 2. The molecule has 0 spiro atoms. The van der Waals surface area contributed by atoms with Crippen LogP contribution in [-0.4, -0.2) is 29.6 Å². The van der Waals surface area contributed by atoms with Crippen molar-refractivity contribution in [3.05, 3.63) is 40.5 Å². The number of rotatable bonds is 14. The summed E-state index contributed by atoms with van der Waals surface area (Å²) in [5, 5.41) is 7.82. The SMILES string of the molecule is CCCCCCCCCCCC(=O)NCC(=O)N/N=C\c1cc2ccc(C)cc2nc1Cl. The quantitative estimate of drug-likeness (QED) is 0.165. The van der Waals surface area contributed by atoms with Crippen molar-refractivity contribution in [1.29, 1.82) is 0 Å². The van der Waals surface area contributed by atoms with Gasteiger partial charge in [0.2, 0.25) is 5.91 Å². The third-order valence-electron chi connectivity index (χ3n) is 5.30.